The summed E-state index contributed by atoms with van der Waals surface area (Å²) in [5, 5.41) is 0. The van der Waals surface area contributed by atoms with E-state index in [1.54, 1.807) is 13.3 Å². The van der Waals surface area contributed by atoms with Crippen LogP contribution in [0.15, 0.2) is 0 Å². The second-order valence-electron chi connectivity index (χ2n) is 3.31. The zero-order valence-electron chi connectivity index (χ0n) is 10.1. The molecule has 0 aromatic rings. The molecule has 4 heteroatoms. The third-order valence-electron chi connectivity index (χ3n) is 1.50. The van der Waals surface area contributed by atoms with Crippen LogP contribution in [0.3, 0.4) is 0 Å². The summed E-state index contributed by atoms with van der Waals surface area (Å²) < 4.78 is 4.65. The molecule has 0 aliphatic rings. The molecule has 0 aromatic heterocycles. The molecular weight excluding hydrogens is 378 g/mol. The van der Waals surface area contributed by atoms with Gasteiger partial charge in [0.2, 0.25) is 0 Å². The topological polar surface area (TPSA) is 63.0 Å². The number of rotatable bonds is 3. The molecule has 0 saturated carbocycles. The molecule has 2 radical (unpaired) electrons. The first kappa shape index (κ1) is 24.0. The van der Waals surface area contributed by atoms with Gasteiger partial charge in [-0.3, -0.25) is 0 Å². The zero-order chi connectivity index (χ0) is 9.28. The summed E-state index contributed by atoms with van der Waals surface area (Å²) in [5.74, 6) is 0. The molecule has 0 aromatic carbocycles. The van der Waals surface area contributed by atoms with Crippen LogP contribution in [0.4, 0.5) is 0 Å². The average Bonchev–Trinajstić information content (AvgIpc) is 1.90. The Hall–Kier alpha value is 1.52. The van der Waals surface area contributed by atoms with E-state index in [4.69, 9.17) is 0 Å². The molecule has 2 nitrogen and oxygen atoms in total. The molecule has 0 atom stereocenters. The van der Waals surface area contributed by atoms with Gasteiger partial charge in [-0.25, -0.2) is 0 Å². The van der Waals surface area contributed by atoms with E-state index in [1.165, 1.54) is 0 Å². The van der Waals surface area contributed by atoms with Crippen molar-refractivity contribution in [1.29, 1.82) is 0 Å². The van der Waals surface area contributed by atoms with Gasteiger partial charge in [0.05, 0.1) is 0 Å². The van der Waals surface area contributed by atoms with Crippen molar-refractivity contribution < 1.29 is 11.0 Å². The van der Waals surface area contributed by atoms with Gasteiger partial charge in [0.1, 0.15) is 0 Å². The Morgan fingerprint density at radius 2 is 0.846 bits per heavy atom. The molecule has 0 heterocycles. The third-order valence-corrected chi connectivity index (χ3v) is 10.1. The quantitative estimate of drug-likeness (QED) is 0.647. The fourth-order valence-electron chi connectivity index (χ4n) is 0.750. The van der Waals surface area contributed by atoms with Gasteiger partial charge >= 0.3 is 88.4 Å². The molecule has 84 valence electrons. The molecule has 0 amide bonds. The van der Waals surface area contributed by atoms with E-state index in [0.717, 1.165) is 0 Å². The van der Waals surface area contributed by atoms with E-state index in [2.05, 4.69) is 35.6 Å². The standard InChI is InChI=1S/3C2H5.3CH3.2H2O.2Sn/c3*1-2;;;;;;;/h3*1H2,2H3;3*1H3;2*1H2;;. The summed E-state index contributed by atoms with van der Waals surface area (Å²) >= 11 is -1.20. The zero-order valence-corrected chi connectivity index (χ0v) is 15.8. The Morgan fingerprint density at radius 1 is 0.692 bits per heavy atom. The minimum atomic E-state index is -0.653. The van der Waals surface area contributed by atoms with Crippen LogP contribution in [-0.2, 0) is 0 Å². The first-order valence-corrected chi connectivity index (χ1v) is 19.3. The molecule has 4 N–H and O–H groups in total. The fraction of sp³-hybridized carbons (Fsp3) is 1.00. The Kier molecular flexibility index (Phi) is 35.3. The summed E-state index contributed by atoms with van der Waals surface area (Å²) in [5.41, 5.74) is 0. The van der Waals surface area contributed by atoms with E-state index in [1.807, 2.05) is 0 Å². The van der Waals surface area contributed by atoms with Crippen molar-refractivity contribution in [2.45, 2.75) is 48.9 Å². The van der Waals surface area contributed by atoms with Crippen LogP contribution in [0.1, 0.15) is 20.8 Å². The maximum absolute atomic E-state index is 2.36. The van der Waals surface area contributed by atoms with E-state index < -0.39 is 39.5 Å². The van der Waals surface area contributed by atoms with Crippen LogP contribution in [0.5, 0.6) is 0 Å². The fourth-order valence-corrected chi connectivity index (χ4v) is 5.03. The van der Waals surface area contributed by atoms with Crippen LogP contribution in [0, 0.1) is 0 Å². The van der Waals surface area contributed by atoms with Gasteiger partial charge in [-0.05, 0) is 0 Å². The van der Waals surface area contributed by atoms with Crippen molar-refractivity contribution in [3.63, 3.8) is 0 Å². The van der Waals surface area contributed by atoms with Crippen LogP contribution < -0.4 is 0 Å². The summed E-state index contributed by atoms with van der Waals surface area (Å²) in [6.07, 6.45) is 0. The molecule has 13 heavy (non-hydrogen) atoms. The van der Waals surface area contributed by atoms with Gasteiger partial charge in [0.15, 0.2) is 0 Å². The van der Waals surface area contributed by atoms with Crippen molar-refractivity contribution in [2.75, 3.05) is 0 Å². The van der Waals surface area contributed by atoms with E-state index in [-0.39, 0.29) is 11.0 Å². The summed E-state index contributed by atoms with van der Waals surface area (Å²) in [4.78, 5) is 7.09. The molecule has 0 spiro atoms. The van der Waals surface area contributed by atoms with Gasteiger partial charge in [0, 0.05) is 0 Å². The Balaban J connectivity index is -0.0000000600. The predicted molar refractivity (Wildman–Crippen MR) is 67.8 cm³/mol. The third kappa shape index (κ3) is 31.7. The second kappa shape index (κ2) is 19.1. The van der Waals surface area contributed by atoms with Gasteiger partial charge < -0.3 is 11.0 Å². The maximum atomic E-state index is 2.36. The molecular formula is C9H28O2Sn2. The van der Waals surface area contributed by atoms with E-state index in [9.17, 15) is 0 Å². The van der Waals surface area contributed by atoms with Gasteiger partial charge in [-0.15, -0.1) is 0 Å². The summed E-state index contributed by atoms with van der Waals surface area (Å²) in [7, 11) is 0. The van der Waals surface area contributed by atoms with Crippen molar-refractivity contribution in [2.24, 2.45) is 0 Å². The first-order chi connectivity index (χ1) is 5.08. The summed E-state index contributed by atoms with van der Waals surface area (Å²) in [6, 6.07) is 0. The Labute approximate surface area is 98.6 Å². The van der Waals surface area contributed by atoms with Crippen LogP contribution in [0.2, 0.25) is 28.1 Å². The van der Waals surface area contributed by atoms with Gasteiger partial charge in [-0.2, -0.15) is 0 Å². The molecule has 0 bridgehead atoms. The SMILES string of the molecule is C[CH2][Sn]([CH2]C)[CH2]C.O.O.[CH3][Sn]([CH3])[CH3]. The van der Waals surface area contributed by atoms with Crippen molar-refractivity contribution in [3.05, 3.63) is 0 Å². The Bertz CT molecular complexity index is 58.4. The number of hydrogen-bond acceptors (Lipinski definition) is 0. The first-order valence-electron chi connectivity index (χ1n) is 4.68. The van der Waals surface area contributed by atoms with Crippen molar-refractivity contribution in [3.8, 4) is 0 Å². The molecule has 0 rings (SSSR count). The molecule has 0 fully saturated rings. The molecule has 0 unspecified atom stereocenters. The molecule has 0 aliphatic heterocycles. The van der Waals surface area contributed by atoms with Crippen LogP contribution in [0.25, 0.3) is 0 Å². The van der Waals surface area contributed by atoms with E-state index in [0.29, 0.717) is 0 Å². The second-order valence-corrected chi connectivity index (χ2v) is 22.2. The van der Waals surface area contributed by atoms with Crippen molar-refractivity contribution in [1.82, 2.24) is 0 Å². The summed E-state index contributed by atoms with van der Waals surface area (Å²) in [6.45, 7) is 7.05. The van der Waals surface area contributed by atoms with Gasteiger partial charge in [0.25, 0.3) is 0 Å². The van der Waals surface area contributed by atoms with E-state index >= 15 is 0 Å². The van der Waals surface area contributed by atoms with Crippen LogP contribution in [-0.4, -0.2) is 50.5 Å². The predicted octanol–water partition coefficient (Wildman–Crippen LogP) is 2.26. The van der Waals surface area contributed by atoms with Gasteiger partial charge in [-0.1, -0.05) is 0 Å². The minimum absolute atomic E-state index is 0. The monoisotopic (exact) mass is 408 g/mol. The Morgan fingerprint density at radius 3 is 0.846 bits per heavy atom. The molecule has 0 saturated heterocycles. The van der Waals surface area contributed by atoms with Crippen LogP contribution >= 0.6 is 0 Å². The average molecular weight is 406 g/mol. The normalized spacial score (nSPS) is 8.31. The number of hydrogen-bond donors (Lipinski definition) is 0. The molecule has 0 aliphatic carbocycles. The van der Waals surface area contributed by atoms with Crippen molar-refractivity contribution >= 4 is 39.5 Å².